The predicted molar refractivity (Wildman–Crippen MR) is 75.0 cm³/mol. The third kappa shape index (κ3) is 3.25. The molecule has 0 aliphatic carbocycles. The fraction of sp³-hybridized carbons (Fsp3) is 0.692. The summed E-state index contributed by atoms with van der Waals surface area (Å²) in [7, 11) is 3.15. The lowest BCUT2D eigenvalue weighted by Crippen LogP contribution is -2.34. The highest BCUT2D eigenvalue weighted by molar-refractivity contribution is 7.17. The Morgan fingerprint density at radius 3 is 2.68 bits per heavy atom. The summed E-state index contributed by atoms with van der Waals surface area (Å²) in [6, 6.07) is 0. The first-order valence-electron chi connectivity index (χ1n) is 6.45. The number of ether oxygens (including phenoxy) is 2. The number of aryl methyl sites for hydroxylation is 1. The quantitative estimate of drug-likeness (QED) is 0.793. The molecule has 1 aliphatic rings. The zero-order valence-electron chi connectivity index (χ0n) is 11.6. The lowest BCUT2D eigenvalue weighted by molar-refractivity contribution is 0.0605. The number of carbonyl (C=O) groups excluding carboxylic acids is 1. The molecule has 0 aromatic carbocycles. The standard InChI is InChI=1S/C13H20N2O3S/c1-9-11(12(16)18-3)19-13(14-9)15-6-4-10(5-7-15)8-17-2/h10H,4-8H2,1-3H3. The molecule has 1 saturated heterocycles. The number of aromatic nitrogens is 1. The molecule has 1 aromatic rings. The van der Waals surface area contributed by atoms with Crippen LogP contribution in [-0.4, -0.2) is 44.9 Å². The van der Waals surface area contributed by atoms with Gasteiger partial charge in [-0.1, -0.05) is 11.3 Å². The average molecular weight is 284 g/mol. The van der Waals surface area contributed by atoms with E-state index in [4.69, 9.17) is 9.47 Å². The number of hydrogen-bond acceptors (Lipinski definition) is 6. The minimum Gasteiger partial charge on any atom is -0.465 e. The van der Waals surface area contributed by atoms with E-state index in [1.165, 1.54) is 18.4 Å². The van der Waals surface area contributed by atoms with Crippen LogP contribution in [0, 0.1) is 12.8 Å². The number of rotatable bonds is 4. The topological polar surface area (TPSA) is 51.7 Å². The SMILES string of the molecule is COCC1CCN(c2nc(C)c(C(=O)OC)s2)CC1. The van der Waals surface area contributed by atoms with E-state index in [0.717, 1.165) is 43.4 Å². The van der Waals surface area contributed by atoms with Crippen LogP contribution in [-0.2, 0) is 9.47 Å². The van der Waals surface area contributed by atoms with Gasteiger partial charge >= 0.3 is 5.97 Å². The minimum absolute atomic E-state index is 0.296. The van der Waals surface area contributed by atoms with Crippen LogP contribution in [0.4, 0.5) is 5.13 Å². The summed E-state index contributed by atoms with van der Waals surface area (Å²) in [5, 5.41) is 0.925. The van der Waals surface area contributed by atoms with Gasteiger partial charge in [-0.2, -0.15) is 0 Å². The van der Waals surface area contributed by atoms with Gasteiger partial charge in [0.25, 0.3) is 0 Å². The number of methoxy groups -OCH3 is 2. The summed E-state index contributed by atoms with van der Waals surface area (Å²) in [4.78, 5) is 18.9. The third-order valence-electron chi connectivity index (χ3n) is 3.44. The minimum atomic E-state index is -0.296. The molecule has 0 radical (unpaired) electrons. The van der Waals surface area contributed by atoms with Gasteiger partial charge in [0.15, 0.2) is 5.13 Å². The number of thiazole rings is 1. The van der Waals surface area contributed by atoms with Crippen LogP contribution in [0.15, 0.2) is 0 Å². The van der Waals surface area contributed by atoms with E-state index >= 15 is 0 Å². The Morgan fingerprint density at radius 2 is 2.11 bits per heavy atom. The maximum absolute atomic E-state index is 11.6. The van der Waals surface area contributed by atoms with Gasteiger partial charge in [0.05, 0.1) is 12.8 Å². The Kier molecular flexibility index (Phi) is 4.76. The highest BCUT2D eigenvalue weighted by Gasteiger charge is 2.23. The molecule has 0 bridgehead atoms. The van der Waals surface area contributed by atoms with Crippen LogP contribution in [0.25, 0.3) is 0 Å². The Bertz CT molecular complexity index is 439. The Labute approximate surface area is 117 Å². The molecular weight excluding hydrogens is 264 g/mol. The fourth-order valence-electron chi connectivity index (χ4n) is 2.33. The highest BCUT2D eigenvalue weighted by atomic mass is 32.1. The molecule has 0 amide bonds. The van der Waals surface area contributed by atoms with Crippen LogP contribution in [0.1, 0.15) is 28.2 Å². The van der Waals surface area contributed by atoms with Crippen LogP contribution in [0.2, 0.25) is 0 Å². The zero-order chi connectivity index (χ0) is 13.8. The van der Waals surface area contributed by atoms with Crippen LogP contribution >= 0.6 is 11.3 Å². The molecule has 106 valence electrons. The van der Waals surface area contributed by atoms with Crippen LogP contribution in [0.3, 0.4) is 0 Å². The molecule has 1 aliphatic heterocycles. The van der Waals surface area contributed by atoms with Crippen molar-refractivity contribution in [3.8, 4) is 0 Å². The second-order valence-corrected chi connectivity index (χ2v) is 5.77. The van der Waals surface area contributed by atoms with Gasteiger partial charge in [-0.15, -0.1) is 0 Å². The van der Waals surface area contributed by atoms with E-state index in [1.54, 1.807) is 7.11 Å². The van der Waals surface area contributed by atoms with E-state index in [9.17, 15) is 4.79 Å². The van der Waals surface area contributed by atoms with Gasteiger partial charge in [0, 0.05) is 26.8 Å². The summed E-state index contributed by atoms with van der Waals surface area (Å²) < 4.78 is 9.96. The van der Waals surface area contributed by atoms with Gasteiger partial charge in [0.1, 0.15) is 4.88 Å². The maximum Gasteiger partial charge on any atom is 0.350 e. The van der Waals surface area contributed by atoms with Gasteiger partial charge < -0.3 is 14.4 Å². The van der Waals surface area contributed by atoms with Gasteiger partial charge in [-0.25, -0.2) is 9.78 Å². The van der Waals surface area contributed by atoms with Crippen molar-refractivity contribution in [1.29, 1.82) is 0 Å². The van der Waals surface area contributed by atoms with Crippen molar-refractivity contribution in [2.45, 2.75) is 19.8 Å². The largest absolute Gasteiger partial charge is 0.465 e. The van der Waals surface area contributed by atoms with Crippen molar-refractivity contribution in [2.24, 2.45) is 5.92 Å². The lowest BCUT2D eigenvalue weighted by Gasteiger charge is -2.31. The second-order valence-electron chi connectivity index (χ2n) is 4.79. The first kappa shape index (κ1) is 14.3. The van der Waals surface area contributed by atoms with Crippen molar-refractivity contribution >= 4 is 22.4 Å². The van der Waals surface area contributed by atoms with Crippen LogP contribution < -0.4 is 4.90 Å². The molecule has 2 heterocycles. The first-order chi connectivity index (χ1) is 9.15. The van der Waals surface area contributed by atoms with E-state index in [2.05, 4.69) is 9.88 Å². The molecular formula is C13H20N2O3S. The van der Waals surface area contributed by atoms with Gasteiger partial charge in [0.2, 0.25) is 0 Å². The zero-order valence-corrected chi connectivity index (χ0v) is 12.5. The second kappa shape index (κ2) is 6.34. The van der Waals surface area contributed by atoms with Crippen molar-refractivity contribution < 1.29 is 14.3 Å². The first-order valence-corrected chi connectivity index (χ1v) is 7.27. The van der Waals surface area contributed by atoms with E-state index in [-0.39, 0.29) is 5.97 Å². The Morgan fingerprint density at radius 1 is 1.42 bits per heavy atom. The summed E-state index contributed by atoms with van der Waals surface area (Å²) in [6.45, 7) is 4.63. The van der Waals surface area contributed by atoms with Crippen molar-refractivity contribution in [2.75, 3.05) is 38.8 Å². The van der Waals surface area contributed by atoms with Crippen molar-refractivity contribution in [1.82, 2.24) is 4.98 Å². The number of carbonyl (C=O) groups is 1. The van der Waals surface area contributed by atoms with E-state index in [0.29, 0.717) is 10.8 Å². The number of esters is 1. The Hall–Kier alpha value is -1.14. The number of piperidine rings is 1. The van der Waals surface area contributed by atoms with Gasteiger partial charge in [-0.3, -0.25) is 0 Å². The van der Waals surface area contributed by atoms with E-state index in [1.807, 2.05) is 6.92 Å². The summed E-state index contributed by atoms with van der Waals surface area (Å²) in [6.07, 6.45) is 2.22. The lowest BCUT2D eigenvalue weighted by atomic mass is 9.98. The molecule has 0 atom stereocenters. The van der Waals surface area contributed by atoms with Gasteiger partial charge in [-0.05, 0) is 25.7 Å². The molecule has 5 nitrogen and oxygen atoms in total. The number of hydrogen-bond donors (Lipinski definition) is 0. The molecule has 0 saturated carbocycles. The maximum atomic E-state index is 11.6. The highest BCUT2D eigenvalue weighted by Crippen LogP contribution is 2.30. The predicted octanol–water partition coefficient (Wildman–Crippen LogP) is 2.10. The fourth-order valence-corrected chi connectivity index (χ4v) is 3.36. The van der Waals surface area contributed by atoms with E-state index < -0.39 is 0 Å². The molecule has 0 spiro atoms. The molecule has 0 N–H and O–H groups in total. The molecule has 2 rings (SSSR count). The average Bonchev–Trinajstić information content (AvgIpc) is 2.81. The summed E-state index contributed by atoms with van der Waals surface area (Å²) in [5.41, 5.74) is 0.755. The normalized spacial score (nSPS) is 16.7. The van der Waals surface area contributed by atoms with Crippen molar-refractivity contribution in [3.05, 3.63) is 10.6 Å². The Balaban J connectivity index is 2.02. The molecule has 6 heteroatoms. The summed E-state index contributed by atoms with van der Waals surface area (Å²) >= 11 is 1.42. The van der Waals surface area contributed by atoms with Crippen molar-refractivity contribution in [3.63, 3.8) is 0 Å². The molecule has 1 fully saturated rings. The molecule has 0 unspecified atom stereocenters. The molecule has 1 aromatic heterocycles. The smallest absolute Gasteiger partial charge is 0.350 e. The number of anilines is 1. The third-order valence-corrected chi connectivity index (χ3v) is 4.64. The summed E-state index contributed by atoms with van der Waals surface area (Å²) in [5.74, 6) is 0.345. The molecule has 19 heavy (non-hydrogen) atoms. The monoisotopic (exact) mass is 284 g/mol. The van der Waals surface area contributed by atoms with Crippen LogP contribution in [0.5, 0.6) is 0 Å². The number of nitrogens with zero attached hydrogens (tertiary/aromatic N) is 2.